The Morgan fingerprint density at radius 2 is 1.95 bits per heavy atom. The molecule has 0 aromatic carbocycles. The number of ether oxygens (including phenoxy) is 1. The summed E-state index contributed by atoms with van der Waals surface area (Å²) in [5.74, 6) is 0.111. The van der Waals surface area contributed by atoms with E-state index in [-0.39, 0.29) is 11.9 Å². The van der Waals surface area contributed by atoms with Gasteiger partial charge in [-0.05, 0) is 31.9 Å². The first-order valence-corrected chi connectivity index (χ1v) is 7.89. The molecule has 5 heteroatoms. The van der Waals surface area contributed by atoms with Crippen molar-refractivity contribution >= 4 is 5.91 Å². The second kappa shape index (κ2) is 6.20. The lowest BCUT2D eigenvalue weighted by Crippen LogP contribution is -2.43. The number of nitrogens with one attached hydrogen (secondary N) is 1. The van der Waals surface area contributed by atoms with Crippen LogP contribution in [0.3, 0.4) is 0 Å². The average molecular weight is 291 g/mol. The third-order valence-electron chi connectivity index (χ3n) is 4.71. The van der Waals surface area contributed by atoms with Crippen LogP contribution in [0.5, 0.6) is 0 Å². The Kier molecular flexibility index (Phi) is 4.31. The summed E-state index contributed by atoms with van der Waals surface area (Å²) in [6.07, 6.45) is 6.32. The quantitative estimate of drug-likeness (QED) is 0.859. The van der Waals surface area contributed by atoms with E-state index in [2.05, 4.69) is 10.2 Å². The summed E-state index contributed by atoms with van der Waals surface area (Å²) in [7, 11) is 0. The molecule has 2 heterocycles. The van der Waals surface area contributed by atoms with Gasteiger partial charge < -0.3 is 14.6 Å². The van der Waals surface area contributed by atoms with Crippen molar-refractivity contribution < 1.29 is 9.53 Å². The van der Waals surface area contributed by atoms with Crippen LogP contribution in [0.2, 0.25) is 0 Å². The molecule has 1 aromatic heterocycles. The van der Waals surface area contributed by atoms with Gasteiger partial charge in [0.2, 0.25) is 5.91 Å². The fourth-order valence-corrected chi connectivity index (χ4v) is 2.96. The first kappa shape index (κ1) is 14.6. The highest BCUT2D eigenvalue weighted by Gasteiger charge is 2.44. The van der Waals surface area contributed by atoms with Gasteiger partial charge in [0.25, 0.3) is 0 Å². The molecule has 1 saturated heterocycles. The number of aromatic nitrogens is 1. The summed E-state index contributed by atoms with van der Waals surface area (Å²) >= 11 is 0. The van der Waals surface area contributed by atoms with E-state index >= 15 is 0 Å². The molecule has 116 valence electrons. The number of amides is 1. The Morgan fingerprint density at radius 1 is 1.29 bits per heavy atom. The molecule has 2 fully saturated rings. The second-order valence-corrected chi connectivity index (χ2v) is 6.41. The van der Waals surface area contributed by atoms with Gasteiger partial charge in [-0.25, -0.2) is 0 Å². The summed E-state index contributed by atoms with van der Waals surface area (Å²) in [5, 5.41) is 3.15. The fraction of sp³-hybridized carbons (Fsp3) is 0.688. The standard InChI is InChI=1S/C16H25N3O2/c1-14(19-6-2-3-7-19)15(20)17-12-16(4-5-16)13-18-8-10-21-11-9-18/h2-3,6-7,14H,4-5,8-13H2,1H3,(H,17,20)/t14-/m1/s1. The summed E-state index contributed by atoms with van der Waals surface area (Å²) < 4.78 is 7.33. The van der Waals surface area contributed by atoms with E-state index in [0.717, 1.165) is 39.4 Å². The highest BCUT2D eigenvalue weighted by molar-refractivity contribution is 5.79. The van der Waals surface area contributed by atoms with E-state index in [4.69, 9.17) is 4.74 Å². The molecule has 2 aliphatic rings. The van der Waals surface area contributed by atoms with Crippen LogP contribution in [0.25, 0.3) is 0 Å². The summed E-state index contributed by atoms with van der Waals surface area (Å²) in [4.78, 5) is 14.7. The molecule has 0 spiro atoms. The van der Waals surface area contributed by atoms with Gasteiger partial charge in [0.15, 0.2) is 0 Å². The van der Waals surface area contributed by atoms with Gasteiger partial charge in [0.05, 0.1) is 13.2 Å². The summed E-state index contributed by atoms with van der Waals surface area (Å²) in [6, 6.07) is 3.76. The first-order valence-electron chi connectivity index (χ1n) is 7.89. The van der Waals surface area contributed by atoms with Crippen molar-refractivity contribution in [1.82, 2.24) is 14.8 Å². The third-order valence-corrected chi connectivity index (χ3v) is 4.71. The minimum absolute atomic E-state index is 0.111. The molecule has 0 bridgehead atoms. The van der Waals surface area contributed by atoms with Crippen LogP contribution < -0.4 is 5.32 Å². The van der Waals surface area contributed by atoms with Gasteiger partial charge in [-0.3, -0.25) is 9.69 Å². The Hall–Kier alpha value is -1.33. The van der Waals surface area contributed by atoms with Crippen LogP contribution >= 0.6 is 0 Å². The van der Waals surface area contributed by atoms with Crippen LogP contribution in [-0.2, 0) is 9.53 Å². The zero-order chi connectivity index (χ0) is 14.7. The average Bonchev–Trinajstić information content (AvgIpc) is 3.05. The van der Waals surface area contributed by atoms with Gasteiger partial charge in [-0.1, -0.05) is 0 Å². The van der Waals surface area contributed by atoms with Gasteiger partial charge in [0, 0.05) is 44.0 Å². The lowest BCUT2D eigenvalue weighted by Gasteiger charge is -2.30. The molecule has 21 heavy (non-hydrogen) atoms. The Bertz CT molecular complexity index is 462. The van der Waals surface area contributed by atoms with Crippen LogP contribution in [0.1, 0.15) is 25.8 Å². The molecular weight excluding hydrogens is 266 g/mol. The van der Waals surface area contributed by atoms with Crippen molar-refractivity contribution in [2.75, 3.05) is 39.4 Å². The number of nitrogens with zero attached hydrogens (tertiary/aromatic N) is 2. The van der Waals surface area contributed by atoms with E-state index in [9.17, 15) is 4.79 Å². The normalized spacial score (nSPS) is 22.7. The molecular formula is C16H25N3O2. The van der Waals surface area contributed by atoms with Crippen LogP contribution in [0.4, 0.5) is 0 Å². The monoisotopic (exact) mass is 291 g/mol. The molecule has 3 rings (SSSR count). The number of hydrogen-bond donors (Lipinski definition) is 1. The predicted molar refractivity (Wildman–Crippen MR) is 81.1 cm³/mol. The van der Waals surface area contributed by atoms with E-state index in [1.54, 1.807) is 0 Å². The summed E-state index contributed by atoms with van der Waals surface area (Å²) in [5.41, 5.74) is 0.309. The topological polar surface area (TPSA) is 46.5 Å². The van der Waals surface area contributed by atoms with Crippen LogP contribution in [0.15, 0.2) is 24.5 Å². The van der Waals surface area contributed by atoms with Crippen molar-refractivity contribution in [3.05, 3.63) is 24.5 Å². The molecule has 0 radical (unpaired) electrons. The maximum Gasteiger partial charge on any atom is 0.242 e. The van der Waals surface area contributed by atoms with Crippen molar-refractivity contribution in [1.29, 1.82) is 0 Å². The Balaban J connectivity index is 1.46. The molecule has 1 amide bonds. The van der Waals surface area contributed by atoms with E-state index in [1.807, 2.05) is 36.0 Å². The number of carbonyl (C=O) groups is 1. The SMILES string of the molecule is C[C@H](C(=O)NCC1(CN2CCOCC2)CC1)n1cccc1. The van der Waals surface area contributed by atoms with Crippen LogP contribution in [0, 0.1) is 5.41 Å². The maximum absolute atomic E-state index is 12.2. The second-order valence-electron chi connectivity index (χ2n) is 6.41. The molecule has 1 atom stereocenters. The fourth-order valence-electron chi connectivity index (χ4n) is 2.96. The highest BCUT2D eigenvalue weighted by Crippen LogP contribution is 2.45. The Labute approximate surface area is 126 Å². The van der Waals surface area contributed by atoms with E-state index < -0.39 is 0 Å². The largest absolute Gasteiger partial charge is 0.379 e. The van der Waals surface area contributed by atoms with Crippen molar-refractivity contribution in [2.45, 2.75) is 25.8 Å². The number of hydrogen-bond acceptors (Lipinski definition) is 3. The highest BCUT2D eigenvalue weighted by atomic mass is 16.5. The molecule has 1 aliphatic heterocycles. The molecule has 1 aromatic rings. The van der Waals surface area contributed by atoms with Gasteiger partial charge >= 0.3 is 0 Å². The zero-order valence-corrected chi connectivity index (χ0v) is 12.8. The molecule has 5 nitrogen and oxygen atoms in total. The molecule has 1 saturated carbocycles. The maximum atomic E-state index is 12.2. The summed E-state index contributed by atoms with van der Waals surface area (Å²) in [6.45, 7) is 7.56. The van der Waals surface area contributed by atoms with Gasteiger partial charge in [-0.15, -0.1) is 0 Å². The smallest absolute Gasteiger partial charge is 0.242 e. The van der Waals surface area contributed by atoms with Crippen LogP contribution in [-0.4, -0.2) is 54.8 Å². The first-order chi connectivity index (χ1) is 10.2. The minimum atomic E-state index is -0.140. The lowest BCUT2D eigenvalue weighted by molar-refractivity contribution is -0.124. The van der Waals surface area contributed by atoms with E-state index in [1.165, 1.54) is 12.8 Å². The number of morpholine rings is 1. The third kappa shape index (κ3) is 3.66. The van der Waals surface area contributed by atoms with Crippen molar-refractivity contribution in [2.24, 2.45) is 5.41 Å². The zero-order valence-electron chi connectivity index (χ0n) is 12.8. The molecule has 1 aliphatic carbocycles. The van der Waals surface area contributed by atoms with Crippen molar-refractivity contribution in [3.8, 4) is 0 Å². The minimum Gasteiger partial charge on any atom is -0.379 e. The van der Waals surface area contributed by atoms with E-state index in [0.29, 0.717) is 5.41 Å². The van der Waals surface area contributed by atoms with Gasteiger partial charge in [0.1, 0.15) is 6.04 Å². The number of carbonyl (C=O) groups excluding carboxylic acids is 1. The predicted octanol–water partition coefficient (Wildman–Crippen LogP) is 1.28. The number of rotatable bonds is 6. The van der Waals surface area contributed by atoms with Crippen molar-refractivity contribution in [3.63, 3.8) is 0 Å². The Morgan fingerprint density at radius 3 is 2.57 bits per heavy atom. The molecule has 1 N–H and O–H groups in total. The molecule has 0 unspecified atom stereocenters. The van der Waals surface area contributed by atoms with Gasteiger partial charge in [-0.2, -0.15) is 0 Å². The lowest BCUT2D eigenvalue weighted by atomic mass is 10.1.